The summed E-state index contributed by atoms with van der Waals surface area (Å²) in [4.78, 5) is 54.9. The SMILES string of the molecule is CCCCN1c2ccc([N+](=O)[O-])cc2CC2(C(=O)NC(=O)N(c3ccc(C)cc3)C2=O)C1CCC. The smallest absolute Gasteiger partial charge is 0.335 e. The summed E-state index contributed by atoms with van der Waals surface area (Å²) in [5, 5.41) is 13.9. The number of imide groups is 2. The highest BCUT2D eigenvalue weighted by Gasteiger charge is 2.62. The van der Waals surface area contributed by atoms with Gasteiger partial charge in [-0.2, -0.15) is 0 Å². The molecule has 2 aromatic carbocycles. The van der Waals surface area contributed by atoms with Crippen LogP contribution in [0.1, 0.15) is 50.7 Å². The van der Waals surface area contributed by atoms with Gasteiger partial charge >= 0.3 is 6.03 Å². The second-order valence-electron chi connectivity index (χ2n) is 9.31. The Bertz CT molecular complexity index is 1180. The van der Waals surface area contributed by atoms with Crippen LogP contribution in [0.25, 0.3) is 0 Å². The van der Waals surface area contributed by atoms with Gasteiger partial charge in [-0.1, -0.05) is 44.4 Å². The average Bonchev–Trinajstić information content (AvgIpc) is 2.83. The highest BCUT2D eigenvalue weighted by atomic mass is 16.6. The Kier molecular flexibility index (Phi) is 6.60. The van der Waals surface area contributed by atoms with Gasteiger partial charge in [0.15, 0.2) is 5.41 Å². The normalized spacial score (nSPS) is 21.8. The van der Waals surface area contributed by atoms with Crippen molar-refractivity contribution >= 4 is 34.9 Å². The van der Waals surface area contributed by atoms with Gasteiger partial charge in [-0.25, -0.2) is 9.69 Å². The minimum absolute atomic E-state index is 0.0163. The van der Waals surface area contributed by atoms with Crippen LogP contribution in [0.4, 0.5) is 21.9 Å². The molecule has 4 rings (SSSR count). The van der Waals surface area contributed by atoms with E-state index in [1.807, 2.05) is 13.8 Å². The third-order valence-corrected chi connectivity index (χ3v) is 7.02. The van der Waals surface area contributed by atoms with Crippen LogP contribution in [-0.4, -0.2) is 35.4 Å². The van der Waals surface area contributed by atoms with Crippen LogP contribution in [-0.2, 0) is 16.0 Å². The second-order valence-corrected chi connectivity index (χ2v) is 9.31. The van der Waals surface area contributed by atoms with Crippen molar-refractivity contribution in [1.82, 2.24) is 5.32 Å². The number of urea groups is 1. The number of anilines is 2. The van der Waals surface area contributed by atoms with E-state index in [-0.39, 0.29) is 12.1 Å². The number of aryl methyl sites for hydroxylation is 1. The molecule has 4 amide bonds. The first-order valence-electron chi connectivity index (χ1n) is 12.0. The standard InChI is InChI=1S/C26H30N4O5/c1-4-6-14-28-21-13-12-20(30(34)35)15-18(21)16-26(22(28)7-5-2)23(31)27-25(33)29(24(26)32)19-10-8-17(3)9-11-19/h8-13,15,22H,4-7,14,16H2,1-3H3,(H,27,31,33). The molecule has 2 aromatic rings. The number of nitrogens with one attached hydrogen (secondary N) is 1. The largest absolute Gasteiger partial charge is 0.367 e. The van der Waals surface area contributed by atoms with Gasteiger partial charge in [-0.3, -0.25) is 25.0 Å². The number of non-ortho nitro benzene ring substituents is 1. The molecule has 35 heavy (non-hydrogen) atoms. The zero-order valence-electron chi connectivity index (χ0n) is 20.2. The maximum Gasteiger partial charge on any atom is 0.335 e. The van der Waals surface area contributed by atoms with Crippen molar-refractivity contribution in [3.63, 3.8) is 0 Å². The van der Waals surface area contributed by atoms with Gasteiger partial charge in [0.25, 0.3) is 11.6 Å². The molecule has 0 aromatic heterocycles. The van der Waals surface area contributed by atoms with E-state index in [9.17, 15) is 24.5 Å². The van der Waals surface area contributed by atoms with Crippen molar-refractivity contribution in [2.24, 2.45) is 5.41 Å². The summed E-state index contributed by atoms with van der Waals surface area (Å²) in [5.74, 6) is -1.24. The number of carbonyl (C=O) groups excluding carboxylic acids is 3. The summed E-state index contributed by atoms with van der Waals surface area (Å²) in [5.41, 5.74) is 1.02. The Hall–Kier alpha value is -3.75. The van der Waals surface area contributed by atoms with Gasteiger partial charge < -0.3 is 4.90 Å². The molecule has 2 unspecified atom stereocenters. The van der Waals surface area contributed by atoms with E-state index in [4.69, 9.17) is 0 Å². The highest BCUT2D eigenvalue weighted by Crippen LogP contribution is 2.47. The summed E-state index contributed by atoms with van der Waals surface area (Å²) in [6.07, 6.45) is 2.98. The Morgan fingerprint density at radius 1 is 1.09 bits per heavy atom. The first kappa shape index (κ1) is 24.4. The van der Waals surface area contributed by atoms with Gasteiger partial charge in [0.2, 0.25) is 5.91 Å². The topological polar surface area (TPSA) is 113 Å². The molecular weight excluding hydrogens is 448 g/mol. The lowest BCUT2D eigenvalue weighted by molar-refractivity contribution is -0.384. The molecule has 0 bridgehead atoms. The van der Waals surface area contributed by atoms with E-state index in [1.165, 1.54) is 12.1 Å². The molecule has 2 heterocycles. The fourth-order valence-corrected chi connectivity index (χ4v) is 5.27. The highest BCUT2D eigenvalue weighted by molar-refractivity contribution is 6.30. The maximum absolute atomic E-state index is 14.2. The molecule has 1 saturated heterocycles. The van der Waals surface area contributed by atoms with Crippen molar-refractivity contribution in [1.29, 1.82) is 0 Å². The number of amides is 4. The van der Waals surface area contributed by atoms with Gasteiger partial charge in [0, 0.05) is 30.8 Å². The molecule has 2 atom stereocenters. The van der Waals surface area contributed by atoms with Crippen LogP contribution < -0.4 is 15.1 Å². The van der Waals surface area contributed by atoms with Crippen molar-refractivity contribution in [2.45, 2.75) is 58.9 Å². The van der Waals surface area contributed by atoms with E-state index in [2.05, 4.69) is 17.1 Å². The van der Waals surface area contributed by atoms with E-state index in [0.29, 0.717) is 24.2 Å². The quantitative estimate of drug-likeness (QED) is 0.356. The fraction of sp³-hybridized carbons (Fsp3) is 0.423. The van der Waals surface area contributed by atoms with Gasteiger partial charge in [-0.15, -0.1) is 0 Å². The first-order valence-corrected chi connectivity index (χ1v) is 12.0. The van der Waals surface area contributed by atoms with E-state index >= 15 is 0 Å². The Morgan fingerprint density at radius 2 is 1.80 bits per heavy atom. The number of unbranched alkanes of at least 4 members (excludes halogenated alkanes) is 1. The van der Waals surface area contributed by atoms with Crippen molar-refractivity contribution in [2.75, 3.05) is 16.3 Å². The van der Waals surface area contributed by atoms with Crippen molar-refractivity contribution in [3.8, 4) is 0 Å². The van der Waals surface area contributed by atoms with Crippen LogP contribution in [0.3, 0.4) is 0 Å². The lowest BCUT2D eigenvalue weighted by Crippen LogP contribution is -2.72. The average molecular weight is 479 g/mol. The maximum atomic E-state index is 14.2. The first-order chi connectivity index (χ1) is 16.7. The minimum atomic E-state index is -1.59. The van der Waals surface area contributed by atoms with E-state index in [1.54, 1.807) is 30.3 Å². The Balaban J connectivity index is 1.91. The van der Waals surface area contributed by atoms with Crippen LogP contribution in [0.5, 0.6) is 0 Å². The van der Waals surface area contributed by atoms with Crippen LogP contribution in [0, 0.1) is 22.5 Å². The summed E-state index contributed by atoms with van der Waals surface area (Å²) in [6.45, 7) is 6.54. The summed E-state index contributed by atoms with van der Waals surface area (Å²) in [6, 6.07) is 10.3. The molecule has 0 aliphatic carbocycles. The molecule has 1 fully saturated rings. The van der Waals surface area contributed by atoms with Gasteiger partial charge in [-0.05, 0) is 43.5 Å². The molecule has 1 N–H and O–H groups in total. The molecule has 9 heteroatoms. The van der Waals surface area contributed by atoms with Crippen LogP contribution >= 0.6 is 0 Å². The fourth-order valence-electron chi connectivity index (χ4n) is 5.27. The molecule has 1 spiro atoms. The monoisotopic (exact) mass is 478 g/mol. The molecule has 2 aliphatic rings. The molecule has 9 nitrogen and oxygen atoms in total. The van der Waals surface area contributed by atoms with E-state index in [0.717, 1.165) is 35.4 Å². The van der Waals surface area contributed by atoms with Gasteiger partial charge in [0.1, 0.15) is 0 Å². The number of nitro groups is 1. The molecule has 0 saturated carbocycles. The lowest BCUT2D eigenvalue weighted by atomic mass is 9.67. The number of nitro benzene ring substituents is 1. The molecule has 184 valence electrons. The molecule has 0 radical (unpaired) electrons. The van der Waals surface area contributed by atoms with Crippen molar-refractivity contribution < 1.29 is 19.3 Å². The number of benzene rings is 2. The second kappa shape index (κ2) is 9.48. The summed E-state index contributed by atoms with van der Waals surface area (Å²) >= 11 is 0. The zero-order valence-corrected chi connectivity index (χ0v) is 20.2. The molecule has 2 aliphatic heterocycles. The van der Waals surface area contributed by atoms with Crippen LogP contribution in [0.2, 0.25) is 0 Å². The number of barbiturate groups is 1. The minimum Gasteiger partial charge on any atom is -0.367 e. The predicted molar refractivity (Wildman–Crippen MR) is 132 cm³/mol. The predicted octanol–water partition coefficient (Wildman–Crippen LogP) is 4.50. The summed E-state index contributed by atoms with van der Waals surface area (Å²) in [7, 11) is 0. The van der Waals surface area contributed by atoms with Crippen molar-refractivity contribution in [3.05, 3.63) is 63.7 Å². The third-order valence-electron chi connectivity index (χ3n) is 7.02. The number of carbonyl (C=O) groups is 3. The Morgan fingerprint density at radius 3 is 2.43 bits per heavy atom. The lowest BCUT2D eigenvalue weighted by Gasteiger charge is -2.52. The Labute approximate surface area is 204 Å². The zero-order chi connectivity index (χ0) is 25.3. The number of nitrogens with zero attached hydrogens (tertiary/aromatic N) is 3. The molecular formula is C26H30N4O5. The van der Waals surface area contributed by atoms with Crippen LogP contribution in [0.15, 0.2) is 42.5 Å². The number of fused-ring (bicyclic) bond motifs is 1. The number of hydrogen-bond donors (Lipinski definition) is 1. The van der Waals surface area contributed by atoms with Gasteiger partial charge in [0.05, 0.1) is 16.7 Å². The number of rotatable bonds is 7. The van der Waals surface area contributed by atoms with E-state index < -0.39 is 34.2 Å². The summed E-state index contributed by atoms with van der Waals surface area (Å²) < 4.78 is 0. The number of hydrogen-bond acceptors (Lipinski definition) is 6. The third kappa shape index (κ3) is 4.05.